The Balaban J connectivity index is 2.46. The summed E-state index contributed by atoms with van der Waals surface area (Å²) in [6.45, 7) is 4.98. The van der Waals surface area contributed by atoms with Gasteiger partial charge in [0.05, 0.1) is 0 Å². The summed E-state index contributed by atoms with van der Waals surface area (Å²) in [6.07, 6.45) is 4.41. The zero-order valence-electron chi connectivity index (χ0n) is 10.4. The Morgan fingerprint density at radius 3 is 2.67 bits per heavy atom. The highest BCUT2D eigenvalue weighted by atomic mass is 79.9. The van der Waals surface area contributed by atoms with E-state index < -0.39 is 0 Å². The molecule has 0 aliphatic rings. The summed E-state index contributed by atoms with van der Waals surface area (Å²) in [6, 6.07) is 3.95. The number of nitrogens with one attached hydrogen (secondary N) is 1. The van der Waals surface area contributed by atoms with Crippen molar-refractivity contribution < 1.29 is 0 Å². The van der Waals surface area contributed by atoms with E-state index >= 15 is 0 Å². The van der Waals surface area contributed by atoms with E-state index in [1.807, 2.05) is 19.1 Å². The van der Waals surface area contributed by atoms with Gasteiger partial charge in [-0.2, -0.15) is 0 Å². The van der Waals surface area contributed by atoms with Gasteiger partial charge in [0.2, 0.25) is 0 Å². The third-order valence-corrected chi connectivity index (χ3v) is 2.90. The summed E-state index contributed by atoms with van der Waals surface area (Å²) in [5.74, 6) is 1.57. The molecule has 0 aliphatic heterocycles. The third kappa shape index (κ3) is 3.04. The number of halogens is 1. The van der Waals surface area contributed by atoms with Crippen LogP contribution in [0.4, 0.5) is 5.82 Å². The first-order chi connectivity index (χ1) is 8.72. The van der Waals surface area contributed by atoms with Crippen LogP contribution in [0.25, 0.3) is 11.4 Å². The summed E-state index contributed by atoms with van der Waals surface area (Å²) in [5, 5.41) is 3.22. The lowest BCUT2D eigenvalue weighted by molar-refractivity contribution is 0.997. The van der Waals surface area contributed by atoms with Gasteiger partial charge in [0, 0.05) is 40.7 Å². The summed E-state index contributed by atoms with van der Waals surface area (Å²) in [4.78, 5) is 13.2. The van der Waals surface area contributed by atoms with Gasteiger partial charge in [-0.3, -0.25) is 4.98 Å². The van der Waals surface area contributed by atoms with Crippen molar-refractivity contribution in [3.05, 3.63) is 34.7 Å². The van der Waals surface area contributed by atoms with Crippen LogP contribution in [0, 0.1) is 0 Å². The lowest BCUT2D eigenvalue weighted by atomic mass is 10.2. The van der Waals surface area contributed by atoms with Gasteiger partial charge in [-0.25, -0.2) is 9.97 Å². The zero-order valence-corrected chi connectivity index (χ0v) is 12.0. The first kappa shape index (κ1) is 13.0. The number of rotatable bonds is 4. The molecule has 0 amide bonds. The predicted octanol–water partition coefficient (Wildman–Crippen LogP) is 3.30. The van der Waals surface area contributed by atoms with E-state index in [9.17, 15) is 0 Å². The van der Waals surface area contributed by atoms with E-state index in [1.54, 1.807) is 12.4 Å². The van der Waals surface area contributed by atoms with E-state index in [4.69, 9.17) is 0 Å². The fourth-order valence-corrected chi connectivity index (χ4v) is 1.98. The van der Waals surface area contributed by atoms with Crippen LogP contribution in [0.2, 0.25) is 0 Å². The predicted molar refractivity (Wildman–Crippen MR) is 76.5 cm³/mol. The molecular weight excluding hydrogens is 292 g/mol. The Bertz CT molecular complexity index is 542. The maximum atomic E-state index is 4.53. The van der Waals surface area contributed by atoms with E-state index in [0.29, 0.717) is 5.82 Å². The van der Waals surface area contributed by atoms with Gasteiger partial charge in [-0.15, -0.1) is 0 Å². The molecule has 0 fully saturated rings. The van der Waals surface area contributed by atoms with Crippen LogP contribution in [0.15, 0.2) is 29.0 Å². The molecule has 2 heterocycles. The molecule has 18 heavy (non-hydrogen) atoms. The normalized spacial score (nSPS) is 10.4. The fraction of sp³-hybridized carbons (Fsp3) is 0.308. The van der Waals surface area contributed by atoms with Gasteiger partial charge in [0.25, 0.3) is 0 Å². The molecule has 0 bridgehead atoms. The second-order valence-electron chi connectivity index (χ2n) is 3.84. The monoisotopic (exact) mass is 306 g/mol. The van der Waals surface area contributed by atoms with E-state index in [-0.39, 0.29) is 0 Å². The van der Waals surface area contributed by atoms with Gasteiger partial charge in [0.15, 0.2) is 5.82 Å². The lowest BCUT2D eigenvalue weighted by Gasteiger charge is -2.08. The highest BCUT2D eigenvalue weighted by Gasteiger charge is 2.06. The van der Waals surface area contributed by atoms with Gasteiger partial charge >= 0.3 is 0 Å². The van der Waals surface area contributed by atoms with E-state index in [0.717, 1.165) is 34.5 Å². The number of hydrogen-bond donors (Lipinski definition) is 1. The smallest absolute Gasteiger partial charge is 0.163 e. The molecule has 1 N–H and O–H groups in total. The van der Waals surface area contributed by atoms with Crippen LogP contribution in [-0.2, 0) is 6.42 Å². The molecule has 2 rings (SSSR count). The summed E-state index contributed by atoms with van der Waals surface area (Å²) in [7, 11) is 0. The largest absolute Gasteiger partial charge is 0.370 e. The number of hydrogen-bond acceptors (Lipinski definition) is 4. The molecule has 0 radical (unpaired) electrons. The topological polar surface area (TPSA) is 50.7 Å². The zero-order chi connectivity index (χ0) is 13.0. The molecule has 2 aromatic rings. The lowest BCUT2D eigenvalue weighted by Crippen LogP contribution is -2.03. The van der Waals surface area contributed by atoms with Gasteiger partial charge in [-0.1, -0.05) is 6.92 Å². The first-order valence-corrected chi connectivity index (χ1v) is 6.75. The highest BCUT2D eigenvalue weighted by Crippen LogP contribution is 2.20. The van der Waals surface area contributed by atoms with Crippen molar-refractivity contribution >= 4 is 21.7 Å². The van der Waals surface area contributed by atoms with Crippen molar-refractivity contribution in [2.45, 2.75) is 20.3 Å². The second kappa shape index (κ2) is 5.91. The molecule has 2 aromatic heterocycles. The number of aromatic nitrogens is 3. The number of pyridine rings is 1. The van der Waals surface area contributed by atoms with Gasteiger partial charge < -0.3 is 5.32 Å². The van der Waals surface area contributed by atoms with Crippen LogP contribution in [-0.4, -0.2) is 21.5 Å². The number of nitrogens with zero attached hydrogens (tertiary/aromatic N) is 3. The number of aryl methyl sites for hydroxylation is 1. The average molecular weight is 307 g/mol. The quantitative estimate of drug-likeness (QED) is 0.941. The average Bonchev–Trinajstić information content (AvgIpc) is 2.39. The minimum Gasteiger partial charge on any atom is -0.370 e. The van der Waals surface area contributed by atoms with Crippen molar-refractivity contribution in [1.29, 1.82) is 0 Å². The van der Waals surface area contributed by atoms with Crippen molar-refractivity contribution in [2.75, 3.05) is 11.9 Å². The molecule has 0 aliphatic carbocycles. The maximum Gasteiger partial charge on any atom is 0.163 e. The molecule has 0 aromatic carbocycles. The Kier molecular flexibility index (Phi) is 4.25. The molecule has 0 unspecified atom stereocenters. The standard InChI is InChI=1S/C13H15BrN4/c1-3-11-6-12(16-4-2)18-13(17-11)9-5-10(14)8-15-7-9/h5-8H,3-4H2,1-2H3,(H,16,17,18). The van der Waals surface area contributed by atoms with Crippen LogP contribution >= 0.6 is 15.9 Å². The van der Waals surface area contributed by atoms with Crippen LogP contribution in [0.5, 0.6) is 0 Å². The number of anilines is 1. The van der Waals surface area contributed by atoms with E-state index in [1.165, 1.54) is 0 Å². The van der Waals surface area contributed by atoms with Crippen molar-refractivity contribution in [3.8, 4) is 11.4 Å². The van der Waals surface area contributed by atoms with Crippen molar-refractivity contribution in [1.82, 2.24) is 15.0 Å². The van der Waals surface area contributed by atoms with Crippen LogP contribution in [0.1, 0.15) is 19.5 Å². The first-order valence-electron chi connectivity index (χ1n) is 5.95. The van der Waals surface area contributed by atoms with Gasteiger partial charge in [-0.05, 0) is 35.3 Å². The maximum absolute atomic E-state index is 4.53. The molecule has 5 heteroatoms. The Morgan fingerprint density at radius 2 is 2.00 bits per heavy atom. The Morgan fingerprint density at radius 1 is 1.17 bits per heavy atom. The molecule has 0 saturated carbocycles. The minimum atomic E-state index is 0.708. The van der Waals surface area contributed by atoms with E-state index in [2.05, 4.69) is 43.1 Å². The Hall–Kier alpha value is -1.49. The SMILES string of the molecule is CCNc1cc(CC)nc(-c2cncc(Br)c2)n1. The summed E-state index contributed by atoms with van der Waals surface area (Å²) >= 11 is 3.41. The molecule has 4 nitrogen and oxygen atoms in total. The third-order valence-electron chi connectivity index (χ3n) is 2.46. The summed E-state index contributed by atoms with van der Waals surface area (Å²) in [5.41, 5.74) is 1.94. The molecule has 0 saturated heterocycles. The molecule has 0 spiro atoms. The Labute approximate surface area is 115 Å². The van der Waals surface area contributed by atoms with Crippen LogP contribution < -0.4 is 5.32 Å². The summed E-state index contributed by atoms with van der Waals surface area (Å²) < 4.78 is 0.926. The fourth-order valence-electron chi connectivity index (χ4n) is 1.61. The van der Waals surface area contributed by atoms with Crippen molar-refractivity contribution in [3.63, 3.8) is 0 Å². The van der Waals surface area contributed by atoms with Crippen LogP contribution in [0.3, 0.4) is 0 Å². The molecule has 0 atom stereocenters. The minimum absolute atomic E-state index is 0.708. The highest BCUT2D eigenvalue weighted by molar-refractivity contribution is 9.10. The van der Waals surface area contributed by atoms with Crippen molar-refractivity contribution in [2.24, 2.45) is 0 Å². The second-order valence-corrected chi connectivity index (χ2v) is 4.76. The van der Waals surface area contributed by atoms with Gasteiger partial charge in [0.1, 0.15) is 5.82 Å². The molecular formula is C13H15BrN4. The molecule has 94 valence electrons.